The van der Waals surface area contributed by atoms with Crippen LogP contribution in [-0.4, -0.2) is 12.5 Å². The smallest absolute Gasteiger partial charge is 0.239 e. The highest BCUT2D eigenvalue weighted by Crippen LogP contribution is 2.20. The van der Waals surface area contributed by atoms with Crippen molar-refractivity contribution >= 4 is 17.5 Å². The third kappa shape index (κ3) is 2.91. The van der Waals surface area contributed by atoms with Crippen LogP contribution in [0.3, 0.4) is 0 Å². The lowest BCUT2D eigenvalue weighted by atomic mass is 10.1. The molecule has 0 aromatic heterocycles. The van der Waals surface area contributed by atoms with Gasteiger partial charge in [0.1, 0.15) is 11.9 Å². The fourth-order valence-electron chi connectivity index (χ4n) is 1.28. The summed E-state index contributed by atoms with van der Waals surface area (Å²) in [4.78, 5) is 11.1. The van der Waals surface area contributed by atoms with E-state index in [0.29, 0.717) is 12.1 Å². The lowest BCUT2D eigenvalue weighted by Gasteiger charge is -2.14. The van der Waals surface area contributed by atoms with E-state index in [1.165, 1.54) is 18.2 Å². The maximum absolute atomic E-state index is 12.9. The largest absolute Gasteiger partial charge is 0.368 e. The van der Waals surface area contributed by atoms with E-state index in [4.69, 9.17) is 17.3 Å². The third-order valence-electron chi connectivity index (χ3n) is 1.97. The van der Waals surface area contributed by atoms with Crippen LogP contribution in [-0.2, 0) is 4.79 Å². The first-order chi connectivity index (χ1) is 7.06. The number of likely N-dealkylation sites (N-methyl/N-ethyl adjacent to an activating group) is 1. The van der Waals surface area contributed by atoms with Crippen LogP contribution in [0, 0.1) is 5.82 Å². The molecule has 1 aromatic rings. The van der Waals surface area contributed by atoms with E-state index in [2.05, 4.69) is 5.32 Å². The van der Waals surface area contributed by atoms with Crippen molar-refractivity contribution in [3.05, 3.63) is 34.6 Å². The molecular weight excluding hydrogens is 219 g/mol. The first-order valence-corrected chi connectivity index (χ1v) is 4.91. The number of nitrogens with two attached hydrogens (primary N) is 1. The summed E-state index contributed by atoms with van der Waals surface area (Å²) in [7, 11) is 0. The summed E-state index contributed by atoms with van der Waals surface area (Å²) in [6, 6.07) is 3.47. The molecule has 0 aliphatic heterocycles. The molecule has 3 nitrogen and oxygen atoms in total. The summed E-state index contributed by atoms with van der Waals surface area (Å²) in [6.45, 7) is 2.43. The summed E-state index contributed by atoms with van der Waals surface area (Å²) in [5.74, 6) is -1.03. The number of nitrogens with one attached hydrogen (secondary N) is 1. The van der Waals surface area contributed by atoms with Gasteiger partial charge in [0.25, 0.3) is 0 Å². The number of hydrogen-bond acceptors (Lipinski definition) is 2. The zero-order valence-corrected chi connectivity index (χ0v) is 9.01. The molecular formula is C10H12ClFN2O. The molecule has 5 heteroatoms. The SMILES string of the molecule is CCNC(C(N)=O)c1ccc(F)c(Cl)c1. The zero-order chi connectivity index (χ0) is 11.4. The van der Waals surface area contributed by atoms with E-state index < -0.39 is 17.8 Å². The highest BCUT2D eigenvalue weighted by molar-refractivity contribution is 6.30. The fraction of sp³-hybridized carbons (Fsp3) is 0.300. The van der Waals surface area contributed by atoms with Crippen LogP contribution in [0.25, 0.3) is 0 Å². The number of halogens is 2. The number of primary amides is 1. The maximum Gasteiger partial charge on any atom is 0.239 e. The molecule has 0 aliphatic rings. The first kappa shape index (κ1) is 11.9. The van der Waals surface area contributed by atoms with Crippen molar-refractivity contribution in [3.63, 3.8) is 0 Å². The predicted molar refractivity (Wildman–Crippen MR) is 57.0 cm³/mol. The fourth-order valence-corrected chi connectivity index (χ4v) is 1.47. The molecule has 1 aromatic carbocycles. The molecule has 1 amide bonds. The average Bonchev–Trinajstić information content (AvgIpc) is 2.18. The molecule has 0 fully saturated rings. The lowest BCUT2D eigenvalue weighted by Crippen LogP contribution is -2.33. The van der Waals surface area contributed by atoms with Crippen molar-refractivity contribution in [2.75, 3.05) is 6.54 Å². The van der Waals surface area contributed by atoms with Gasteiger partial charge in [0.2, 0.25) is 5.91 Å². The Kier molecular flexibility index (Phi) is 4.05. The minimum atomic E-state index is -0.631. The Hall–Kier alpha value is -1.13. The monoisotopic (exact) mass is 230 g/mol. The second-order valence-electron chi connectivity index (χ2n) is 3.07. The van der Waals surface area contributed by atoms with Crippen LogP contribution in [0.4, 0.5) is 4.39 Å². The van der Waals surface area contributed by atoms with Crippen molar-refractivity contribution in [2.45, 2.75) is 13.0 Å². The maximum atomic E-state index is 12.9. The highest BCUT2D eigenvalue weighted by atomic mass is 35.5. The van der Waals surface area contributed by atoms with Crippen molar-refractivity contribution in [3.8, 4) is 0 Å². The van der Waals surface area contributed by atoms with Gasteiger partial charge in [-0.1, -0.05) is 24.6 Å². The Morgan fingerprint density at radius 1 is 1.67 bits per heavy atom. The lowest BCUT2D eigenvalue weighted by molar-refractivity contribution is -0.120. The summed E-state index contributed by atoms with van der Waals surface area (Å²) in [5, 5.41) is 2.87. The molecule has 0 saturated carbocycles. The number of amides is 1. The molecule has 0 spiro atoms. The van der Waals surface area contributed by atoms with E-state index in [0.717, 1.165) is 0 Å². The Balaban J connectivity index is 3.01. The molecule has 0 radical (unpaired) electrons. The summed E-state index contributed by atoms with van der Waals surface area (Å²) in [5.41, 5.74) is 5.77. The van der Waals surface area contributed by atoms with Gasteiger partial charge in [0, 0.05) is 0 Å². The van der Waals surface area contributed by atoms with E-state index in [1.54, 1.807) is 0 Å². The zero-order valence-electron chi connectivity index (χ0n) is 8.26. The molecule has 3 N–H and O–H groups in total. The van der Waals surface area contributed by atoms with E-state index in [1.807, 2.05) is 6.92 Å². The Labute approximate surface area is 92.4 Å². The van der Waals surface area contributed by atoms with Gasteiger partial charge in [-0.3, -0.25) is 4.79 Å². The van der Waals surface area contributed by atoms with E-state index in [-0.39, 0.29) is 5.02 Å². The third-order valence-corrected chi connectivity index (χ3v) is 2.26. The van der Waals surface area contributed by atoms with Gasteiger partial charge >= 0.3 is 0 Å². The molecule has 0 bridgehead atoms. The van der Waals surface area contributed by atoms with E-state index in [9.17, 15) is 9.18 Å². The van der Waals surface area contributed by atoms with E-state index >= 15 is 0 Å². The molecule has 82 valence electrons. The molecule has 0 saturated heterocycles. The van der Waals surface area contributed by atoms with Crippen molar-refractivity contribution in [1.82, 2.24) is 5.32 Å². The van der Waals surface area contributed by atoms with Crippen molar-refractivity contribution in [1.29, 1.82) is 0 Å². The van der Waals surface area contributed by atoms with Crippen molar-refractivity contribution in [2.24, 2.45) is 5.73 Å². The second kappa shape index (κ2) is 5.09. The van der Waals surface area contributed by atoms with Gasteiger partial charge in [0.15, 0.2) is 0 Å². The summed E-state index contributed by atoms with van der Waals surface area (Å²) >= 11 is 5.61. The Bertz CT molecular complexity index is 370. The summed E-state index contributed by atoms with van der Waals surface area (Å²) in [6.07, 6.45) is 0. The molecule has 0 heterocycles. The summed E-state index contributed by atoms with van der Waals surface area (Å²) < 4.78 is 12.9. The normalized spacial score (nSPS) is 12.5. The van der Waals surface area contributed by atoms with Gasteiger partial charge in [0.05, 0.1) is 5.02 Å². The average molecular weight is 231 g/mol. The predicted octanol–water partition coefficient (Wildman–Crippen LogP) is 1.61. The second-order valence-corrected chi connectivity index (χ2v) is 3.47. The number of carbonyl (C=O) groups is 1. The number of rotatable bonds is 4. The topological polar surface area (TPSA) is 55.1 Å². The quantitative estimate of drug-likeness (QED) is 0.826. The number of hydrogen-bond donors (Lipinski definition) is 2. The minimum absolute atomic E-state index is 0.0170. The van der Waals surface area contributed by atoms with Crippen LogP contribution in [0.1, 0.15) is 18.5 Å². The van der Waals surface area contributed by atoms with Crippen LogP contribution in [0.2, 0.25) is 5.02 Å². The first-order valence-electron chi connectivity index (χ1n) is 4.54. The van der Waals surface area contributed by atoms with Gasteiger partial charge in [-0.05, 0) is 24.2 Å². The van der Waals surface area contributed by atoms with Gasteiger partial charge in [-0.25, -0.2) is 4.39 Å². The molecule has 1 unspecified atom stereocenters. The minimum Gasteiger partial charge on any atom is -0.368 e. The molecule has 0 aliphatic carbocycles. The highest BCUT2D eigenvalue weighted by Gasteiger charge is 2.17. The van der Waals surface area contributed by atoms with Crippen LogP contribution in [0.15, 0.2) is 18.2 Å². The molecule has 1 rings (SSSR count). The number of carbonyl (C=O) groups excluding carboxylic acids is 1. The Morgan fingerprint density at radius 2 is 2.33 bits per heavy atom. The molecule has 1 atom stereocenters. The van der Waals surface area contributed by atoms with Gasteiger partial charge in [-0.2, -0.15) is 0 Å². The Morgan fingerprint density at radius 3 is 2.80 bits per heavy atom. The van der Waals surface area contributed by atoms with Crippen LogP contribution in [0.5, 0.6) is 0 Å². The molecule has 15 heavy (non-hydrogen) atoms. The van der Waals surface area contributed by atoms with Gasteiger partial charge in [-0.15, -0.1) is 0 Å². The van der Waals surface area contributed by atoms with Crippen LogP contribution >= 0.6 is 11.6 Å². The van der Waals surface area contributed by atoms with Crippen LogP contribution < -0.4 is 11.1 Å². The standard InChI is InChI=1S/C10H12ClFN2O/c1-2-14-9(10(13)15)6-3-4-8(12)7(11)5-6/h3-5,9,14H,2H2,1H3,(H2,13,15). The van der Waals surface area contributed by atoms with Gasteiger partial charge < -0.3 is 11.1 Å². The van der Waals surface area contributed by atoms with Crippen molar-refractivity contribution < 1.29 is 9.18 Å². The number of benzene rings is 1.